The van der Waals surface area contributed by atoms with Crippen LogP contribution in [0.25, 0.3) is 0 Å². The number of quaternary nitrogens is 1. The fraction of sp³-hybridized carbons (Fsp3) is 0.636. The van der Waals surface area contributed by atoms with Crippen molar-refractivity contribution < 1.29 is 116 Å². The van der Waals surface area contributed by atoms with Crippen molar-refractivity contribution in [3.05, 3.63) is 35.6 Å². The Morgan fingerprint density at radius 3 is 1.33 bits per heavy atom. The van der Waals surface area contributed by atoms with Crippen molar-refractivity contribution in [1.82, 2.24) is 4.31 Å². The summed E-state index contributed by atoms with van der Waals surface area (Å²) in [4.78, 5) is -0.865. The lowest BCUT2D eigenvalue weighted by Crippen LogP contribution is -3.00. The van der Waals surface area contributed by atoms with E-state index in [9.17, 15) is 83.1 Å². The molecule has 0 radical (unpaired) electrons. The number of rotatable bonds is 10. The third-order valence-electron chi connectivity index (χ3n) is 5.79. The van der Waals surface area contributed by atoms with Gasteiger partial charge in [-0.3, -0.25) is 0 Å². The van der Waals surface area contributed by atoms with Crippen molar-refractivity contribution in [2.24, 2.45) is 0 Å². The van der Waals surface area contributed by atoms with Crippen LogP contribution in [0.5, 0.6) is 5.75 Å². The van der Waals surface area contributed by atoms with Gasteiger partial charge in [0.15, 0.2) is 0 Å². The zero-order valence-electron chi connectivity index (χ0n) is 23.3. The summed E-state index contributed by atoms with van der Waals surface area (Å²) in [6, 6.07) is 0.415. The van der Waals surface area contributed by atoms with Crippen molar-refractivity contribution in [2.45, 2.75) is 53.5 Å². The zero-order chi connectivity index (χ0) is 36.0. The molecule has 0 aliphatic rings. The highest BCUT2D eigenvalue weighted by Crippen LogP contribution is 2.63. The molecular weight excluding hydrogens is 822 g/mol. The van der Waals surface area contributed by atoms with E-state index in [2.05, 4.69) is 4.74 Å². The average Bonchev–Trinajstić information content (AvgIpc) is 2.79. The molecule has 0 aliphatic carbocycles. The number of halogens is 18. The van der Waals surface area contributed by atoms with Gasteiger partial charge in [0.2, 0.25) is 15.8 Å². The molecule has 1 rings (SSSR count). The highest BCUT2D eigenvalue weighted by Gasteiger charge is 2.88. The second-order valence-corrected chi connectivity index (χ2v) is 12.3. The predicted octanol–water partition coefficient (Wildman–Crippen LogP) is 4.27. The molecule has 0 heterocycles. The minimum Gasteiger partial charge on any atom is -1.00 e. The van der Waals surface area contributed by atoms with E-state index < -0.39 is 74.2 Å². The van der Waals surface area contributed by atoms with Crippen molar-refractivity contribution in [1.29, 1.82) is 0 Å². The third kappa shape index (κ3) is 8.99. The van der Waals surface area contributed by atoms with E-state index >= 15 is 0 Å². The highest BCUT2D eigenvalue weighted by atomic mass is 127. The number of ether oxygens (including phenoxy) is 1. The Morgan fingerprint density at radius 2 is 1.04 bits per heavy atom. The van der Waals surface area contributed by atoms with Gasteiger partial charge in [-0.2, -0.15) is 65.9 Å². The van der Waals surface area contributed by atoms with E-state index in [4.69, 9.17) is 0 Å². The molecule has 46 heavy (non-hydrogen) atoms. The van der Waals surface area contributed by atoms with E-state index in [0.717, 1.165) is 7.05 Å². The molecule has 270 valence electrons. The first-order valence-corrected chi connectivity index (χ1v) is 13.0. The largest absolute Gasteiger partial charge is 1.00 e. The number of benzene rings is 1. The molecule has 0 N–H and O–H groups in total. The van der Waals surface area contributed by atoms with Crippen LogP contribution in [-0.4, -0.2) is 101 Å². The molecule has 0 bridgehead atoms. The lowest BCUT2D eigenvalue weighted by molar-refractivity contribution is -0.870. The van der Waals surface area contributed by atoms with Gasteiger partial charge in [0.1, 0.15) is 5.75 Å². The quantitative estimate of drug-likeness (QED) is 0.153. The van der Waals surface area contributed by atoms with Crippen LogP contribution in [-0.2, 0) is 10.0 Å². The molecule has 0 aliphatic heterocycles. The van der Waals surface area contributed by atoms with Crippen molar-refractivity contribution in [3.63, 3.8) is 0 Å². The molecule has 5 nitrogen and oxygen atoms in total. The number of hydrogen-bond acceptors (Lipinski definition) is 3. The van der Waals surface area contributed by atoms with Crippen molar-refractivity contribution in [2.75, 3.05) is 41.3 Å². The summed E-state index contributed by atoms with van der Waals surface area (Å²) in [6.07, 6.45) is -39.6. The lowest BCUT2D eigenvalue weighted by Gasteiger charge is -2.41. The Labute approximate surface area is 266 Å². The zero-order valence-corrected chi connectivity index (χ0v) is 26.2. The van der Waals surface area contributed by atoms with Gasteiger partial charge in [0, 0.05) is 20.0 Å². The fourth-order valence-corrected chi connectivity index (χ4v) is 4.76. The summed E-state index contributed by atoms with van der Waals surface area (Å²) < 4.78 is 261. The van der Waals surface area contributed by atoms with Crippen molar-refractivity contribution in [3.8, 4) is 5.75 Å². The maximum absolute atomic E-state index is 14.8. The molecule has 0 atom stereocenters. The number of allylic oxidation sites excluding steroid dienone is 2. The number of sulfonamides is 1. The van der Waals surface area contributed by atoms with Gasteiger partial charge in [0.05, 0.1) is 38.2 Å². The normalized spacial score (nSPS) is 14.7. The van der Waals surface area contributed by atoms with Crippen molar-refractivity contribution >= 4 is 10.0 Å². The van der Waals surface area contributed by atoms with Crippen LogP contribution in [0.1, 0.15) is 6.42 Å². The summed E-state index contributed by atoms with van der Waals surface area (Å²) in [6.45, 7) is 0.237. The van der Waals surface area contributed by atoms with Crippen LogP contribution in [0.4, 0.5) is 74.6 Å². The summed E-state index contributed by atoms with van der Waals surface area (Å²) in [5.41, 5.74) is -22.2. The van der Waals surface area contributed by atoms with Gasteiger partial charge in [-0.25, -0.2) is 21.5 Å². The molecule has 0 spiro atoms. The number of alkyl halides is 17. The highest BCUT2D eigenvalue weighted by molar-refractivity contribution is 7.89. The van der Waals surface area contributed by atoms with E-state index in [-0.39, 0.29) is 61.2 Å². The number of nitrogens with zero attached hydrogens (tertiary/aromatic N) is 2. The molecular formula is C22H22F17IN2O3S. The van der Waals surface area contributed by atoms with Gasteiger partial charge in [-0.1, -0.05) is 0 Å². The summed E-state index contributed by atoms with van der Waals surface area (Å²) in [5, 5.41) is 0. The molecule has 1 aromatic carbocycles. The maximum Gasteiger partial charge on any atom is 0.449 e. The van der Waals surface area contributed by atoms with E-state index in [1.165, 1.54) is 0 Å². The first kappa shape index (κ1) is 44.2. The Kier molecular flexibility index (Phi) is 13.0. The van der Waals surface area contributed by atoms with Crippen LogP contribution in [0.3, 0.4) is 0 Å². The molecule has 24 heteroatoms. The Bertz CT molecular complexity index is 1260. The van der Waals surface area contributed by atoms with Crippen LogP contribution < -0.4 is 28.7 Å². The molecule has 0 aromatic heterocycles. The first-order valence-electron chi connectivity index (χ1n) is 11.6. The predicted molar refractivity (Wildman–Crippen MR) is 119 cm³/mol. The third-order valence-corrected chi connectivity index (χ3v) is 7.66. The second-order valence-electron chi connectivity index (χ2n) is 10.3. The molecule has 0 amide bonds. The van der Waals surface area contributed by atoms with Crippen LogP contribution in [0, 0.1) is 0 Å². The molecule has 0 fully saturated rings. The fourth-order valence-electron chi connectivity index (χ4n) is 3.55. The van der Waals surface area contributed by atoms with E-state index in [1.54, 1.807) is 21.1 Å². The van der Waals surface area contributed by atoms with E-state index in [1.807, 2.05) is 0 Å². The summed E-state index contributed by atoms with van der Waals surface area (Å²) >= 11 is 0. The molecule has 0 saturated carbocycles. The summed E-state index contributed by atoms with van der Waals surface area (Å²) in [5.74, 6) is -6.53. The Morgan fingerprint density at radius 1 is 0.696 bits per heavy atom. The maximum atomic E-state index is 14.8. The topological polar surface area (TPSA) is 46.6 Å². The van der Waals surface area contributed by atoms with Gasteiger partial charge < -0.3 is 33.2 Å². The Hall–Kier alpha value is -1.83. The van der Waals surface area contributed by atoms with Crippen LogP contribution in [0.2, 0.25) is 0 Å². The van der Waals surface area contributed by atoms with Gasteiger partial charge in [-0.15, -0.1) is 0 Å². The van der Waals surface area contributed by atoms with Crippen LogP contribution in [0.15, 0.2) is 40.5 Å². The van der Waals surface area contributed by atoms with Gasteiger partial charge in [0.25, 0.3) is 0 Å². The summed E-state index contributed by atoms with van der Waals surface area (Å²) in [7, 11) is 1.70. The standard InChI is InChI=1S/C22H22F17N2O3S.HI/c1-40(10-5-11-41(2,3)4)45(42,43)13-8-6-12(7-9-13)44-15(18(25,26)27)14(16(23,19(28,29)30)20(31,32)33)17(24,21(34,35)36)22(37,38)39;/h6-9H,5,10-11H2,1-4H3;1H/q+1;/p-1. The average molecular weight is 844 g/mol. The van der Waals surface area contributed by atoms with Gasteiger partial charge >= 0.3 is 42.2 Å². The molecule has 0 unspecified atom stereocenters. The smallest absolute Gasteiger partial charge is 0.449 e. The van der Waals surface area contributed by atoms with Crippen LogP contribution >= 0.6 is 0 Å². The number of hydrogen-bond donors (Lipinski definition) is 0. The molecule has 0 saturated heterocycles. The lowest BCUT2D eigenvalue weighted by atomic mass is 9.79. The SMILES string of the molecule is CN(CCC[N+](C)(C)C)S(=O)(=O)c1ccc(OC(=C(C(F)(C(F)(F)F)C(F)(F)F)C(F)(C(F)(F)F)C(F)(F)F)C(F)(F)F)cc1.[I-]. The van der Waals surface area contributed by atoms with Gasteiger partial charge in [-0.05, 0) is 24.3 Å². The monoisotopic (exact) mass is 844 g/mol. The minimum atomic E-state index is -8.32. The first-order chi connectivity index (χ1) is 19.6. The second kappa shape index (κ2) is 13.6. The van der Waals surface area contributed by atoms with E-state index in [0.29, 0.717) is 15.3 Å². The Balaban J connectivity index is 0.0000202. The minimum absolute atomic E-state index is 0. The molecule has 1 aromatic rings.